The first-order valence-corrected chi connectivity index (χ1v) is 7.77. The molecule has 4 N–H and O–H groups in total. The van der Waals surface area contributed by atoms with Crippen molar-refractivity contribution in [2.75, 3.05) is 26.3 Å². The number of alkyl halides is 4. The molecule has 1 aromatic carbocycles. The molecule has 0 heterocycles. The number of nitrogens with one attached hydrogen (secondary N) is 2. The van der Waals surface area contributed by atoms with Gasteiger partial charge in [-0.05, 0) is 11.1 Å². The van der Waals surface area contributed by atoms with Crippen molar-refractivity contribution < 1.29 is 37.4 Å². The van der Waals surface area contributed by atoms with Crippen LogP contribution < -0.4 is 10.6 Å². The fourth-order valence-corrected chi connectivity index (χ4v) is 2.37. The molecule has 6 nitrogen and oxygen atoms in total. The smallest absolute Gasteiger partial charge is 0.300 e. The summed E-state index contributed by atoms with van der Waals surface area (Å²) >= 11 is 0. The maximum absolute atomic E-state index is 13.0. The van der Waals surface area contributed by atoms with Crippen molar-refractivity contribution in [1.82, 2.24) is 10.6 Å². The van der Waals surface area contributed by atoms with Crippen LogP contribution in [0.1, 0.15) is 31.8 Å². The van der Waals surface area contributed by atoms with Gasteiger partial charge in [-0.2, -0.15) is 0 Å². The van der Waals surface area contributed by atoms with Crippen LogP contribution in [0.2, 0.25) is 0 Å². The van der Waals surface area contributed by atoms with E-state index in [2.05, 4.69) is 10.6 Å². The van der Waals surface area contributed by atoms with E-state index in [4.69, 9.17) is 10.2 Å². The minimum Gasteiger partial charge on any atom is -0.395 e. The Morgan fingerprint density at radius 2 is 1.15 bits per heavy atom. The van der Waals surface area contributed by atoms with Crippen LogP contribution >= 0.6 is 0 Å². The highest BCUT2D eigenvalue weighted by Crippen LogP contribution is 2.25. The molecule has 0 aromatic heterocycles. The fourth-order valence-electron chi connectivity index (χ4n) is 2.37. The first kappa shape index (κ1) is 22.2. The number of benzene rings is 1. The van der Waals surface area contributed by atoms with Crippen LogP contribution in [-0.4, -0.2) is 60.9 Å². The highest BCUT2D eigenvalue weighted by Gasteiger charge is 2.32. The van der Waals surface area contributed by atoms with E-state index in [-0.39, 0.29) is 50.5 Å². The highest BCUT2D eigenvalue weighted by atomic mass is 19.3. The molecule has 0 bridgehead atoms. The molecule has 10 heteroatoms. The lowest BCUT2D eigenvalue weighted by Gasteiger charge is -2.18. The predicted octanol–water partition coefficient (Wildman–Crippen LogP) is 0.746. The molecule has 146 valence electrons. The third-order valence-electron chi connectivity index (χ3n) is 3.48. The van der Waals surface area contributed by atoms with Crippen LogP contribution in [-0.2, 0) is 13.1 Å². The summed E-state index contributed by atoms with van der Waals surface area (Å²) in [5.41, 5.74) is -1.59. The van der Waals surface area contributed by atoms with Crippen LogP contribution in [0.15, 0.2) is 12.1 Å². The third-order valence-corrected chi connectivity index (χ3v) is 3.48. The lowest BCUT2D eigenvalue weighted by molar-refractivity contribution is 0.0643. The molecule has 0 saturated heterocycles. The Morgan fingerprint density at radius 1 is 0.808 bits per heavy atom. The number of aliphatic hydroxyl groups excluding tert-OH is 2. The van der Waals surface area contributed by atoms with Gasteiger partial charge in [-0.15, -0.1) is 0 Å². The molecule has 0 unspecified atom stereocenters. The monoisotopic (exact) mass is 380 g/mol. The summed E-state index contributed by atoms with van der Waals surface area (Å²) in [5.74, 6) is -3.45. The van der Waals surface area contributed by atoms with Crippen molar-refractivity contribution in [3.63, 3.8) is 0 Å². The van der Waals surface area contributed by atoms with Crippen molar-refractivity contribution >= 4 is 11.6 Å². The Hall–Kier alpha value is -1.88. The Morgan fingerprint density at radius 3 is 1.42 bits per heavy atom. The lowest BCUT2D eigenvalue weighted by Crippen LogP contribution is -2.27. The van der Waals surface area contributed by atoms with Crippen LogP contribution in [0, 0.1) is 0 Å². The minimum atomic E-state index is -3.48. The van der Waals surface area contributed by atoms with E-state index < -0.39 is 35.5 Å². The van der Waals surface area contributed by atoms with Gasteiger partial charge in [0.1, 0.15) is 0 Å². The van der Waals surface area contributed by atoms with Gasteiger partial charge in [0.15, 0.2) is 0 Å². The number of carbonyl (C=O) groups excluding carboxylic acids is 2. The van der Waals surface area contributed by atoms with Gasteiger partial charge in [0.05, 0.1) is 13.2 Å². The van der Waals surface area contributed by atoms with Gasteiger partial charge < -0.3 is 20.8 Å². The zero-order valence-electron chi connectivity index (χ0n) is 13.8. The molecule has 0 amide bonds. The van der Waals surface area contributed by atoms with E-state index in [1.807, 2.05) is 0 Å². The van der Waals surface area contributed by atoms with E-state index in [0.29, 0.717) is 0 Å². The molecule has 0 spiro atoms. The number of carbonyl (C=O) groups is 2. The number of Topliss-reactive ketones (excluding diaryl/α,β-unsaturated/α-hetero) is 2. The molecule has 1 aromatic rings. The number of aliphatic hydroxyl groups is 2. The molecule has 0 aliphatic rings. The van der Waals surface area contributed by atoms with Gasteiger partial charge in [-0.3, -0.25) is 9.59 Å². The predicted molar refractivity (Wildman–Crippen MR) is 84.7 cm³/mol. The lowest BCUT2D eigenvalue weighted by atomic mass is 9.90. The van der Waals surface area contributed by atoms with Crippen molar-refractivity contribution in [3.05, 3.63) is 34.4 Å². The van der Waals surface area contributed by atoms with E-state index in [9.17, 15) is 27.2 Å². The van der Waals surface area contributed by atoms with Gasteiger partial charge in [-0.1, -0.05) is 12.1 Å². The second-order valence-corrected chi connectivity index (χ2v) is 5.26. The average molecular weight is 380 g/mol. The zero-order chi connectivity index (χ0) is 19.7. The van der Waals surface area contributed by atoms with Gasteiger partial charge >= 0.3 is 12.9 Å². The number of rotatable bonds is 12. The summed E-state index contributed by atoms with van der Waals surface area (Å²) in [5, 5.41) is 22.8. The van der Waals surface area contributed by atoms with Crippen molar-refractivity contribution in [2.24, 2.45) is 0 Å². The van der Waals surface area contributed by atoms with E-state index >= 15 is 0 Å². The molecule has 1 rings (SSSR count). The topological polar surface area (TPSA) is 98.7 Å². The minimum absolute atomic E-state index is 0.0429. The molecular formula is C16H20F4N2O4. The van der Waals surface area contributed by atoms with Crippen molar-refractivity contribution in [3.8, 4) is 0 Å². The average Bonchev–Trinajstić information content (AvgIpc) is 2.61. The largest absolute Gasteiger partial charge is 0.395 e. The second-order valence-electron chi connectivity index (χ2n) is 5.26. The van der Waals surface area contributed by atoms with Crippen molar-refractivity contribution in [2.45, 2.75) is 25.9 Å². The SMILES string of the molecule is O=C(c1c(CNCCO)ccc(CNCCO)c1C(=O)C(F)F)C(F)F. The molecule has 0 fully saturated rings. The summed E-state index contributed by atoms with van der Waals surface area (Å²) in [6.07, 6.45) is -6.95. The Labute approximate surface area is 147 Å². The Kier molecular flexibility index (Phi) is 9.35. The standard InChI is InChI=1S/C16H20F4N2O4/c17-15(18)13(25)11-9(7-21-3-5-23)1-2-10(8-22-4-6-24)12(11)14(26)16(19)20/h1-2,15-16,21-24H,3-8H2. The summed E-state index contributed by atoms with van der Waals surface area (Å²) in [6.45, 7) is -0.681. The van der Waals surface area contributed by atoms with Crippen LogP contribution in [0.4, 0.5) is 17.6 Å². The first-order chi connectivity index (χ1) is 12.3. The van der Waals surface area contributed by atoms with Crippen LogP contribution in [0.5, 0.6) is 0 Å². The normalized spacial score (nSPS) is 11.4. The molecule has 0 aliphatic carbocycles. The molecule has 0 atom stereocenters. The fraction of sp³-hybridized carbons (Fsp3) is 0.500. The number of halogens is 4. The van der Waals surface area contributed by atoms with Gasteiger partial charge in [0, 0.05) is 37.3 Å². The number of hydrogen-bond donors (Lipinski definition) is 4. The van der Waals surface area contributed by atoms with Crippen molar-refractivity contribution in [1.29, 1.82) is 0 Å². The molecule has 26 heavy (non-hydrogen) atoms. The van der Waals surface area contributed by atoms with Crippen LogP contribution in [0.3, 0.4) is 0 Å². The quantitative estimate of drug-likeness (QED) is 0.243. The van der Waals surface area contributed by atoms with E-state index in [0.717, 1.165) is 0 Å². The first-order valence-electron chi connectivity index (χ1n) is 7.77. The zero-order valence-corrected chi connectivity index (χ0v) is 13.8. The van der Waals surface area contributed by atoms with Crippen LogP contribution in [0.25, 0.3) is 0 Å². The van der Waals surface area contributed by atoms with Gasteiger partial charge in [-0.25, -0.2) is 17.6 Å². The highest BCUT2D eigenvalue weighted by molar-refractivity contribution is 6.12. The maximum atomic E-state index is 13.0. The molecule has 0 saturated carbocycles. The summed E-state index contributed by atoms with van der Waals surface area (Å²) in [6, 6.07) is 2.58. The Bertz CT molecular complexity index is 574. The summed E-state index contributed by atoms with van der Waals surface area (Å²) < 4.78 is 52.0. The summed E-state index contributed by atoms with van der Waals surface area (Å²) in [4.78, 5) is 23.9. The second kappa shape index (κ2) is 11.0. The van der Waals surface area contributed by atoms with Gasteiger partial charge in [0.25, 0.3) is 0 Å². The molecule has 0 radical (unpaired) electrons. The summed E-state index contributed by atoms with van der Waals surface area (Å²) in [7, 11) is 0. The van der Waals surface area contributed by atoms with E-state index in [1.165, 1.54) is 12.1 Å². The number of ketones is 2. The third kappa shape index (κ3) is 5.84. The molecule has 0 aliphatic heterocycles. The van der Waals surface area contributed by atoms with E-state index in [1.54, 1.807) is 0 Å². The van der Waals surface area contributed by atoms with Gasteiger partial charge in [0.2, 0.25) is 11.6 Å². The molecular weight excluding hydrogens is 360 g/mol. The Balaban J connectivity index is 3.47. The number of hydrogen-bond acceptors (Lipinski definition) is 6. The maximum Gasteiger partial charge on any atom is 0.300 e.